The third-order valence-electron chi connectivity index (χ3n) is 2.41. The standard InChI is InChI=1S/C11H16N6O/c1-8(2)5-16-10(13-7-14-16)6-17-11(18)4-3-9(12)15-17/h3-4,7-8H,5-6H2,1-2H3,(H2,12,15). The monoisotopic (exact) mass is 248 g/mol. The second-order valence-corrected chi connectivity index (χ2v) is 4.51. The van der Waals surface area contributed by atoms with Gasteiger partial charge in [0, 0.05) is 12.6 Å². The first-order chi connectivity index (χ1) is 8.56. The summed E-state index contributed by atoms with van der Waals surface area (Å²) < 4.78 is 3.07. The molecule has 0 saturated heterocycles. The molecule has 2 rings (SSSR count). The van der Waals surface area contributed by atoms with Crippen molar-refractivity contribution in [2.24, 2.45) is 5.92 Å². The maximum Gasteiger partial charge on any atom is 0.267 e. The zero-order chi connectivity index (χ0) is 13.1. The van der Waals surface area contributed by atoms with Crippen LogP contribution in [-0.4, -0.2) is 24.5 Å². The van der Waals surface area contributed by atoms with Crippen molar-refractivity contribution in [3.8, 4) is 0 Å². The fourth-order valence-electron chi connectivity index (χ4n) is 1.62. The number of nitrogens with two attached hydrogens (primary N) is 1. The minimum absolute atomic E-state index is 0.205. The van der Waals surface area contributed by atoms with E-state index in [0.29, 0.717) is 17.6 Å². The molecule has 0 aromatic carbocycles. The second kappa shape index (κ2) is 4.99. The third kappa shape index (κ3) is 2.73. The minimum Gasteiger partial charge on any atom is -0.382 e. The Kier molecular flexibility index (Phi) is 3.40. The third-order valence-corrected chi connectivity index (χ3v) is 2.41. The van der Waals surface area contributed by atoms with E-state index in [1.54, 1.807) is 4.68 Å². The maximum absolute atomic E-state index is 11.6. The van der Waals surface area contributed by atoms with Gasteiger partial charge in [-0.25, -0.2) is 14.3 Å². The van der Waals surface area contributed by atoms with Crippen LogP contribution in [0.25, 0.3) is 0 Å². The van der Waals surface area contributed by atoms with E-state index in [9.17, 15) is 4.79 Å². The lowest BCUT2D eigenvalue weighted by atomic mass is 10.2. The molecular weight excluding hydrogens is 232 g/mol. The van der Waals surface area contributed by atoms with Gasteiger partial charge in [0.2, 0.25) is 0 Å². The predicted octanol–water partition coefficient (Wildman–Crippen LogP) is 0.121. The van der Waals surface area contributed by atoms with E-state index in [2.05, 4.69) is 29.0 Å². The predicted molar refractivity (Wildman–Crippen MR) is 66.9 cm³/mol. The average molecular weight is 248 g/mol. The Labute approximate surface area is 104 Å². The number of nitrogens with zero attached hydrogens (tertiary/aromatic N) is 5. The Bertz CT molecular complexity index is 585. The SMILES string of the molecule is CC(C)Cn1ncnc1Cn1nc(N)ccc1=O. The molecule has 0 unspecified atom stereocenters. The van der Waals surface area contributed by atoms with E-state index in [-0.39, 0.29) is 12.1 Å². The number of nitrogen functional groups attached to an aromatic ring is 1. The molecule has 2 aromatic rings. The Morgan fingerprint density at radius 2 is 2.11 bits per heavy atom. The van der Waals surface area contributed by atoms with Gasteiger partial charge in [0.1, 0.15) is 24.5 Å². The highest BCUT2D eigenvalue weighted by molar-refractivity contribution is 5.23. The largest absolute Gasteiger partial charge is 0.382 e. The number of hydrogen-bond donors (Lipinski definition) is 1. The molecule has 2 N–H and O–H groups in total. The molecule has 0 aliphatic carbocycles. The first-order valence-electron chi connectivity index (χ1n) is 5.76. The van der Waals surface area contributed by atoms with Crippen LogP contribution in [0.4, 0.5) is 5.82 Å². The van der Waals surface area contributed by atoms with Crippen molar-refractivity contribution in [1.82, 2.24) is 24.5 Å². The van der Waals surface area contributed by atoms with Gasteiger partial charge in [0.25, 0.3) is 5.56 Å². The van der Waals surface area contributed by atoms with Crippen molar-refractivity contribution < 1.29 is 0 Å². The van der Waals surface area contributed by atoms with Crippen molar-refractivity contribution in [3.63, 3.8) is 0 Å². The summed E-state index contributed by atoms with van der Waals surface area (Å²) in [5.74, 6) is 1.46. The molecule has 0 radical (unpaired) electrons. The maximum atomic E-state index is 11.6. The summed E-state index contributed by atoms with van der Waals surface area (Å²) in [5, 5.41) is 8.10. The smallest absolute Gasteiger partial charge is 0.267 e. The van der Waals surface area contributed by atoms with Crippen molar-refractivity contribution >= 4 is 5.82 Å². The normalized spacial score (nSPS) is 11.1. The van der Waals surface area contributed by atoms with Crippen LogP contribution in [0.3, 0.4) is 0 Å². The number of aromatic nitrogens is 5. The molecule has 18 heavy (non-hydrogen) atoms. The Morgan fingerprint density at radius 3 is 2.83 bits per heavy atom. The molecule has 0 atom stereocenters. The zero-order valence-corrected chi connectivity index (χ0v) is 10.4. The van der Waals surface area contributed by atoms with Crippen molar-refractivity contribution in [2.75, 3.05) is 5.73 Å². The van der Waals surface area contributed by atoms with Crippen LogP contribution in [-0.2, 0) is 13.1 Å². The van der Waals surface area contributed by atoms with E-state index in [1.807, 2.05) is 0 Å². The van der Waals surface area contributed by atoms with Crippen molar-refractivity contribution in [3.05, 3.63) is 34.6 Å². The van der Waals surface area contributed by atoms with Crippen LogP contribution in [0.5, 0.6) is 0 Å². The van der Waals surface area contributed by atoms with Crippen LogP contribution in [0, 0.1) is 5.92 Å². The number of anilines is 1. The molecule has 0 aliphatic heterocycles. The summed E-state index contributed by atoms with van der Waals surface area (Å²) in [6, 6.07) is 2.88. The average Bonchev–Trinajstić information content (AvgIpc) is 2.70. The lowest BCUT2D eigenvalue weighted by Crippen LogP contribution is -2.25. The van der Waals surface area contributed by atoms with E-state index < -0.39 is 0 Å². The second-order valence-electron chi connectivity index (χ2n) is 4.51. The van der Waals surface area contributed by atoms with E-state index in [1.165, 1.54) is 23.1 Å². The van der Waals surface area contributed by atoms with Crippen LogP contribution in [0.2, 0.25) is 0 Å². The van der Waals surface area contributed by atoms with Crippen molar-refractivity contribution in [1.29, 1.82) is 0 Å². The molecule has 0 saturated carbocycles. The van der Waals surface area contributed by atoms with Crippen molar-refractivity contribution in [2.45, 2.75) is 26.9 Å². The molecule has 0 amide bonds. The van der Waals surface area contributed by atoms with Gasteiger partial charge in [0.15, 0.2) is 0 Å². The van der Waals surface area contributed by atoms with Gasteiger partial charge < -0.3 is 5.73 Å². The molecule has 7 nitrogen and oxygen atoms in total. The van der Waals surface area contributed by atoms with E-state index in [4.69, 9.17) is 5.73 Å². The minimum atomic E-state index is -0.205. The summed E-state index contributed by atoms with van der Waals surface area (Å²) in [6.45, 7) is 5.22. The molecule has 0 fully saturated rings. The van der Waals surface area contributed by atoms with E-state index >= 15 is 0 Å². The lowest BCUT2D eigenvalue weighted by Gasteiger charge is -2.09. The molecule has 96 valence electrons. The summed E-state index contributed by atoms with van der Waals surface area (Å²) in [6.07, 6.45) is 1.48. The molecule has 0 aliphatic rings. The fourth-order valence-corrected chi connectivity index (χ4v) is 1.62. The van der Waals surface area contributed by atoms with Crippen LogP contribution < -0.4 is 11.3 Å². The van der Waals surface area contributed by atoms with Crippen LogP contribution in [0.1, 0.15) is 19.7 Å². The lowest BCUT2D eigenvalue weighted by molar-refractivity contribution is 0.454. The Morgan fingerprint density at radius 1 is 1.33 bits per heavy atom. The summed E-state index contributed by atoms with van der Waals surface area (Å²) >= 11 is 0. The topological polar surface area (TPSA) is 91.6 Å². The Balaban J connectivity index is 2.26. The van der Waals surface area contributed by atoms with Gasteiger partial charge in [-0.2, -0.15) is 10.2 Å². The summed E-state index contributed by atoms with van der Waals surface area (Å²) in [4.78, 5) is 15.8. The summed E-state index contributed by atoms with van der Waals surface area (Å²) in [7, 11) is 0. The van der Waals surface area contributed by atoms with Gasteiger partial charge in [0.05, 0.1) is 0 Å². The number of rotatable bonds is 4. The van der Waals surface area contributed by atoms with E-state index in [0.717, 1.165) is 6.54 Å². The summed E-state index contributed by atoms with van der Waals surface area (Å²) in [5.41, 5.74) is 5.36. The van der Waals surface area contributed by atoms with Gasteiger partial charge in [-0.05, 0) is 12.0 Å². The van der Waals surface area contributed by atoms with Gasteiger partial charge in [-0.15, -0.1) is 0 Å². The molecule has 0 spiro atoms. The number of hydrogen-bond acceptors (Lipinski definition) is 5. The van der Waals surface area contributed by atoms with Gasteiger partial charge in [-0.1, -0.05) is 13.8 Å². The van der Waals surface area contributed by atoms with Gasteiger partial charge >= 0.3 is 0 Å². The fraction of sp³-hybridized carbons (Fsp3) is 0.455. The quantitative estimate of drug-likeness (QED) is 0.829. The molecular formula is C11H16N6O. The molecule has 2 aromatic heterocycles. The van der Waals surface area contributed by atoms with Crippen LogP contribution >= 0.6 is 0 Å². The zero-order valence-electron chi connectivity index (χ0n) is 10.4. The highest BCUT2D eigenvalue weighted by atomic mass is 16.1. The van der Waals surface area contributed by atoms with Crippen LogP contribution in [0.15, 0.2) is 23.3 Å². The highest BCUT2D eigenvalue weighted by Gasteiger charge is 2.08. The Hall–Kier alpha value is -2.18. The molecule has 2 heterocycles. The first-order valence-corrected chi connectivity index (χ1v) is 5.76. The van der Waals surface area contributed by atoms with Gasteiger partial charge in [-0.3, -0.25) is 4.79 Å². The molecule has 0 bridgehead atoms. The molecule has 7 heteroatoms. The highest BCUT2D eigenvalue weighted by Crippen LogP contribution is 2.02. The first kappa shape index (κ1) is 12.3.